The van der Waals surface area contributed by atoms with Gasteiger partial charge in [0.15, 0.2) is 12.2 Å². The third-order valence-corrected chi connectivity index (χ3v) is 5.61. The Labute approximate surface area is 188 Å². The van der Waals surface area contributed by atoms with E-state index in [1.165, 1.54) is 0 Å². The first-order valence-electron chi connectivity index (χ1n) is 10.5. The molecule has 0 radical (unpaired) electrons. The van der Waals surface area contributed by atoms with Gasteiger partial charge in [0.05, 0.1) is 24.5 Å². The maximum Gasteiger partial charge on any atom is 0.199 e. The summed E-state index contributed by atoms with van der Waals surface area (Å²) in [6.45, 7) is -0.0887. The van der Waals surface area contributed by atoms with Crippen molar-refractivity contribution in [1.29, 1.82) is 0 Å². The largest absolute Gasteiger partial charge is 0.494 e. The van der Waals surface area contributed by atoms with Crippen molar-refractivity contribution in [3.63, 3.8) is 0 Å². The summed E-state index contributed by atoms with van der Waals surface area (Å²) >= 11 is 0. The number of aromatic hydroxyl groups is 1. The molecule has 0 spiro atoms. The van der Waals surface area contributed by atoms with E-state index in [0.717, 1.165) is 16.5 Å². The van der Waals surface area contributed by atoms with Gasteiger partial charge < -0.3 is 39.7 Å². The number of fused-ring (bicyclic) bond motifs is 2. The number of rotatable bonds is 6. The number of aromatic amines is 1. The molecule has 1 fully saturated rings. The summed E-state index contributed by atoms with van der Waals surface area (Å²) in [6.07, 6.45) is -4.95. The van der Waals surface area contributed by atoms with Crippen molar-refractivity contribution >= 4 is 28.0 Å². The SMILES string of the molecule is Oc1[nH]c2ccccc2c1C1=Nc2ccccc2C1=NOCCOC1OCC(O)C(O)C1O. The second-order valence-corrected chi connectivity index (χ2v) is 7.77. The van der Waals surface area contributed by atoms with Gasteiger partial charge in [0, 0.05) is 16.5 Å². The molecule has 1 saturated heterocycles. The van der Waals surface area contributed by atoms with Crippen molar-refractivity contribution < 1.29 is 34.7 Å². The summed E-state index contributed by atoms with van der Waals surface area (Å²) in [5, 5.41) is 44.8. The van der Waals surface area contributed by atoms with Crippen LogP contribution in [0.3, 0.4) is 0 Å². The van der Waals surface area contributed by atoms with Crippen molar-refractivity contribution in [2.45, 2.75) is 24.6 Å². The second-order valence-electron chi connectivity index (χ2n) is 7.77. The number of ether oxygens (including phenoxy) is 2. The molecule has 0 amide bonds. The summed E-state index contributed by atoms with van der Waals surface area (Å²) in [5.41, 5.74) is 3.74. The summed E-state index contributed by atoms with van der Waals surface area (Å²) < 4.78 is 10.6. The monoisotopic (exact) mass is 453 g/mol. The van der Waals surface area contributed by atoms with E-state index in [4.69, 9.17) is 14.3 Å². The minimum absolute atomic E-state index is 0.0111. The number of H-pyrrole nitrogens is 1. The van der Waals surface area contributed by atoms with Gasteiger partial charge in [-0.2, -0.15) is 0 Å². The van der Waals surface area contributed by atoms with Gasteiger partial charge in [-0.3, -0.25) is 0 Å². The fourth-order valence-corrected chi connectivity index (χ4v) is 3.94. The van der Waals surface area contributed by atoms with Crippen LogP contribution in [0.4, 0.5) is 5.69 Å². The van der Waals surface area contributed by atoms with E-state index in [1.807, 2.05) is 48.5 Å². The highest BCUT2D eigenvalue weighted by atomic mass is 16.7. The molecule has 0 aliphatic carbocycles. The molecule has 33 heavy (non-hydrogen) atoms. The van der Waals surface area contributed by atoms with Crippen molar-refractivity contribution in [3.8, 4) is 5.88 Å². The van der Waals surface area contributed by atoms with Crippen LogP contribution in [0.2, 0.25) is 0 Å². The first kappa shape index (κ1) is 21.6. The highest BCUT2D eigenvalue weighted by molar-refractivity contribution is 6.58. The summed E-state index contributed by atoms with van der Waals surface area (Å²) in [7, 11) is 0. The lowest BCUT2D eigenvalue weighted by Crippen LogP contribution is -2.53. The van der Waals surface area contributed by atoms with E-state index in [1.54, 1.807) is 0 Å². The lowest BCUT2D eigenvalue weighted by Gasteiger charge is -2.34. The fourth-order valence-electron chi connectivity index (χ4n) is 3.94. The number of nitrogens with zero attached hydrogens (tertiary/aromatic N) is 2. The van der Waals surface area contributed by atoms with Gasteiger partial charge in [0.1, 0.15) is 36.3 Å². The average molecular weight is 453 g/mol. The van der Waals surface area contributed by atoms with Crippen LogP contribution in [0.5, 0.6) is 5.88 Å². The number of benzene rings is 2. The maximum atomic E-state index is 10.6. The number of aliphatic hydroxyl groups excluding tert-OH is 3. The molecule has 10 nitrogen and oxygen atoms in total. The molecule has 2 aliphatic rings. The molecule has 172 valence electrons. The van der Waals surface area contributed by atoms with Gasteiger partial charge in [-0.1, -0.05) is 41.6 Å². The van der Waals surface area contributed by atoms with E-state index in [9.17, 15) is 20.4 Å². The molecule has 4 atom stereocenters. The fraction of sp³-hybridized carbons (Fsp3) is 0.304. The van der Waals surface area contributed by atoms with Crippen LogP contribution in [0.1, 0.15) is 11.1 Å². The second kappa shape index (κ2) is 8.93. The normalized spacial score (nSPS) is 25.9. The molecule has 5 rings (SSSR count). The van der Waals surface area contributed by atoms with Gasteiger partial charge in [-0.15, -0.1) is 0 Å². The molecule has 10 heteroatoms. The molecule has 5 N–H and O–H groups in total. The van der Waals surface area contributed by atoms with Crippen LogP contribution in [0, 0.1) is 0 Å². The molecule has 0 saturated carbocycles. The van der Waals surface area contributed by atoms with Gasteiger partial charge >= 0.3 is 0 Å². The third kappa shape index (κ3) is 3.99. The lowest BCUT2D eigenvalue weighted by atomic mass is 10.0. The molecule has 4 unspecified atom stereocenters. The Morgan fingerprint density at radius 3 is 2.70 bits per heavy atom. The third-order valence-electron chi connectivity index (χ3n) is 5.61. The van der Waals surface area contributed by atoms with E-state index in [2.05, 4.69) is 15.1 Å². The Morgan fingerprint density at radius 1 is 1.03 bits per heavy atom. The van der Waals surface area contributed by atoms with E-state index in [-0.39, 0.29) is 25.7 Å². The van der Waals surface area contributed by atoms with Crippen LogP contribution in [0.25, 0.3) is 10.9 Å². The van der Waals surface area contributed by atoms with Crippen LogP contribution in [-0.2, 0) is 14.3 Å². The summed E-state index contributed by atoms with van der Waals surface area (Å²) in [5.74, 6) is -0.0111. The number of aliphatic imine (C=N–C) groups is 1. The highest BCUT2D eigenvalue weighted by Gasteiger charge is 2.38. The Hall–Kier alpha value is -3.28. The van der Waals surface area contributed by atoms with Crippen molar-refractivity contribution in [2.24, 2.45) is 10.1 Å². The van der Waals surface area contributed by atoms with E-state index < -0.39 is 24.6 Å². The average Bonchev–Trinajstić information content (AvgIpc) is 3.34. The Morgan fingerprint density at radius 2 is 1.82 bits per heavy atom. The number of aromatic nitrogens is 1. The molecule has 3 aromatic rings. The van der Waals surface area contributed by atoms with Gasteiger partial charge in [0.25, 0.3) is 0 Å². The number of para-hydroxylation sites is 2. The standard InChI is InChI=1S/C23H23N3O7/c27-16-11-32-23(21(29)20(16)28)31-9-10-33-26-18-13-6-2-4-8-15(13)24-19(18)17-12-5-1-3-7-14(12)25-22(17)30/h1-8,16,20-21,23,25,27-30H,9-11H2. The van der Waals surface area contributed by atoms with E-state index >= 15 is 0 Å². The maximum absolute atomic E-state index is 10.6. The number of hydrogen-bond acceptors (Lipinski definition) is 9. The van der Waals surface area contributed by atoms with Crippen molar-refractivity contribution in [2.75, 3.05) is 19.8 Å². The molecule has 2 aliphatic heterocycles. The van der Waals surface area contributed by atoms with Crippen molar-refractivity contribution in [1.82, 2.24) is 4.98 Å². The first-order valence-corrected chi connectivity index (χ1v) is 10.5. The molecule has 0 bridgehead atoms. The van der Waals surface area contributed by atoms with E-state index in [0.29, 0.717) is 22.7 Å². The lowest BCUT2D eigenvalue weighted by molar-refractivity contribution is -0.271. The Bertz CT molecular complexity index is 1220. The molecule has 2 aromatic carbocycles. The zero-order valence-corrected chi connectivity index (χ0v) is 17.5. The number of oxime groups is 1. The van der Waals surface area contributed by atoms with Gasteiger partial charge in [0.2, 0.25) is 0 Å². The first-order chi connectivity index (χ1) is 16.0. The zero-order chi connectivity index (χ0) is 22.9. The minimum Gasteiger partial charge on any atom is -0.494 e. The van der Waals surface area contributed by atoms with Gasteiger partial charge in [-0.25, -0.2) is 4.99 Å². The number of aliphatic hydroxyl groups is 3. The number of nitrogens with one attached hydrogen (secondary N) is 1. The predicted octanol–water partition coefficient (Wildman–Crippen LogP) is 1.18. The summed E-state index contributed by atoms with van der Waals surface area (Å²) in [4.78, 5) is 13.1. The Kier molecular flexibility index (Phi) is 5.83. The smallest absolute Gasteiger partial charge is 0.199 e. The predicted molar refractivity (Wildman–Crippen MR) is 119 cm³/mol. The highest BCUT2D eigenvalue weighted by Crippen LogP contribution is 2.35. The zero-order valence-electron chi connectivity index (χ0n) is 17.5. The minimum atomic E-state index is -1.37. The van der Waals surface area contributed by atoms with Crippen LogP contribution in [0.15, 0.2) is 58.7 Å². The van der Waals surface area contributed by atoms with Crippen LogP contribution in [-0.4, -0.2) is 81.3 Å². The topological polar surface area (TPSA) is 149 Å². The molecular weight excluding hydrogens is 430 g/mol. The molecular formula is C23H23N3O7. The van der Waals surface area contributed by atoms with Crippen LogP contribution >= 0.6 is 0 Å². The number of hydrogen-bond donors (Lipinski definition) is 5. The summed E-state index contributed by atoms with van der Waals surface area (Å²) in [6, 6.07) is 15.0. The molecule has 3 heterocycles. The Balaban J connectivity index is 1.33. The van der Waals surface area contributed by atoms with Crippen LogP contribution < -0.4 is 0 Å². The molecule has 1 aromatic heterocycles. The quantitative estimate of drug-likeness (QED) is 0.278. The van der Waals surface area contributed by atoms with Gasteiger partial charge in [-0.05, 0) is 12.1 Å². The van der Waals surface area contributed by atoms with Crippen molar-refractivity contribution in [3.05, 3.63) is 59.7 Å².